The van der Waals surface area contributed by atoms with E-state index < -0.39 is 0 Å². The van der Waals surface area contributed by atoms with Gasteiger partial charge in [0.2, 0.25) is 0 Å². The molecule has 0 bridgehead atoms. The first-order chi connectivity index (χ1) is 10.6. The number of hydrogen-bond acceptors (Lipinski definition) is 4. The van der Waals surface area contributed by atoms with Gasteiger partial charge >= 0.3 is 5.97 Å². The molecule has 0 amide bonds. The van der Waals surface area contributed by atoms with Gasteiger partial charge in [0.05, 0.1) is 12.7 Å². The van der Waals surface area contributed by atoms with Crippen molar-refractivity contribution >= 4 is 21.9 Å². The summed E-state index contributed by atoms with van der Waals surface area (Å²) >= 11 is 3.48. The average Bonchev–Trinajstić information content (AvgIpc) is 3.00. The van der Waals surface area contributed by atoms with Crippen LogP contribution in [0.2, 0.25) is 0 Å². The van der Waals surface area contributed by atoms with Crippen LogP contribution in [0.25, 0.3) is 0 Å². The molecule has 120 valence electrons. The number of carbonyl (C=O) groups is 1. The zero-order valence-electron chi connectivity index (χ0n) is 12.8. The first-order valence-electron chi connectivity index (χ1n) is 7.80. The van der Waals surface area contributed by atoms with Crippen molar-refractivity contribution in [2.24, 2.45) is 11.8 Å². The highest BCUT2D eigenvalue weighted by Gasteiger charge is 2.44. The minimum Gasteiger partial charge on any atom is -0.467 e. The maximum Gasteiger partial charge on any atom is 0.331 e. The van der Waals surface area contributed by atoms with Gasteiger partial charge in [0.15, 0.2) is 0 Å². The third kappa shape index (κ3) is 3.21. The molecule has 1 heterocycles. The summed E-state index contributed by atoms with van der Waals surface area (Å²) < 4.78 is 11.9. The predicted molar refractivity (Wildman–Crippen MR) is 87.5 cm³/mol. The molecule has 0 spiro atoms. The van der Waals surface area contributed by atoms with Crippen LogP contribution in [0.3, 0.4) is 0 Å². The van der Waals surface area contributed by atoms with E-state index in [4.69, 9.17) is 9.47 Å². The Balaban J connectivity index is 1.84. The second-order valence-electron chi connectivity index (χ2n) is 6.29. The molecule has 2 aliphatic rings. The maximum atomic E-state index is 11.5. The van der Waals surface area contributed by atoms with Crippen molar-refractivity contribution in [2.75, 3.05) is 26.8 Å². The normalized spacial score (nSPS) is 30.8. The lowest BCUT2D eigenvalue weighted by molar-refractivity contribution is -0.159. The molecular weight excluding hydrogens is 346 g/mol. The van der Waals surface area contributed by atoms with E-state index in [1.165, 1.54) is 7.11 Å². The number of benzene rings is 1. The number of nitrogens with one attached hydrogen (secondary N) is 1. The first kappa shape index (κ1) is 16.0. The Bertz CT molecular complexity index is 533. The number of esters is 1. The summed E-state index contributed by atoms with van der Waals surface area (Å²) in [6.45, 7) is 2.17. The third-order valence-electron chi connectivity index (χ3n) is 5.05. The summed E-state index contributed by atoms with van der Waals surface area (Å²) in [5.41, 5.74) is 0.784. The van der Waals surface area contributed by atoms with Crippen molar-refractivity contribution in [3.05, 3.63) is 34.3 Å². The number of hydrogen-bond donors (Lipinski definition) is 1. The van der Waals surface area contributed by atoms with Crippen molar-refractivity contribution in [1.82, 2.24) is 5.32 Å². The van der Waals surface area contributed by atoms with Crippen LogP contribution in [0.5, 0.6) is 0 Å². The Morgan fingerprint density at radius 3 is 2.77 bits per heavy atom. The van der Waals surface area contributed by atoms with Crippen LogP contribution in [-0.4, -0.2) is 32.8 Å². The molecule has 5 heteroatoms. The van der Waals surface area contributed by atoms with E-state index in [1.54, 1.807) is 0 Å². The fourth-order valence-electron chi connectivity index (χ4n) is 3.79. The van der Waals surface area contributed by atoms with Crippen molar-refractivity contribution in [2.45, 2.75) is 24.9 Å². The number of rotatable bonds is 4. The SMILES string of the molecule is COC(=O)COC1(c2ccc(Br)cc2)CCC2CNCC2C1. The Morgan fingerprint density at radius 1 is 1.32 bits per heavy atom. The Labute approximate surface area is 139 Å². The highest BCUT2D eigenvalue weighted by Crippen LogP contribution is 2.46. The summed E-state index contributed by atoms with van der Waals surface area (Å²) in [6, 6.07) is 8.28. The summed E-state index contributed by atoms with van der Waals surface area (Å²) in [4.78, 5) is 11.5. The van der Waals surface area contributed by atoms with Crippen LogP contribution < -0.4 is 5.32 Å². The van der Waals surface area contributed by atoms with Gasteiger partial charge in [-0.2, -0.15) is 0 Å². The molecule has 1 aliphatic carbocycles. The van der Waals surface area contributed by atoms with Crippen molar-refractivity contribution in [3.8, 4) is 0 Å². The van der Waals surface area contributed by atoms with Gasteiger partial charge in [0.25, 0.3) is 0 Å². The highest BCUT2D eigenvalue weighted by molar-refractivity contribution is 9.10. The molecule has 1 aromatic carbocycles. The molecule has 3 rings (SSSR count). The lowest BCUT2D eigenvalue weighted by Gasteiger charge is -2.42. The van der Waals surface area contributed by atoms with E-state index in [0.29, 0.717) is 5.92 Å². The Morgan fingerprint density at radius 2 is 2.05 bits per heavy atom. The van der Waals surface area contributed by atoms with Crippen LogP contribution in [0.1, 0.15) is 24.8 Å². The third-order valence-corrected chi connectivity index (χ3v) is 5.58. The van der Waals surface area contributed by atoms with Gasteiger partial charge in [0, 0.05) is 4.47 Å². The standard InChI is InChI=1S/C17H22BrNO3/c1-21-16(20)11-22-17(14-2-4-15(18)5-3-14)7-6-12-9-19-10-13(12)8-17/h2-5,12-13,19H,6-11H2,1H3. The van der Waals surface area contributed by atoms with Crippen LogP contribution in [-0.2, 0) is 19.9 Å². The molecule has 1 aliphatic heterocycles. The fourth-order valence-corrected chi connectivity index (χ4v) is 4.06. The van der Waals surface area contributed by atoms with E-state index in [9.17, 15) is 4.79 Å². The lowest BCUT2D eigenvalue weighted by atomic mass is 9.70. The van der Waals surface area contributed by atoms with Gasteiger partial charge in [-0.15, -0.1) is 0 Å². The summed E-state index contributed by atoms with van der Waals surface area (Å²) in [5, 5.41) is 3.48. The van der Waals surface area contributed by atoms with E-state index in [2.05, 4.69) is 33.4 Å². The number of ether oxygens (including phenoxy) is 2. The minimum absolute atomic E-state index is 0.0113. The van der Waals surface area contributed by atoms with Crippen molar-refractivity contribution in [3.63, 3.8) is 0 Å². The quantitative estimate of drug-likeness (QED) is 0.831. The molecule has 1 saturated heterocycles. The van der Waals surface area contributed by atoms with Gasteiger partial charge in [0.1, 0.15) is 6.61 Å². The molecule has 4 nitrogen and oxygen atoms in total. The number of methoxy groups -OCH3 is 1. The van der Waals surface area contributed by atoms with Crippen LogP contribution >= 0.6 is 15.9 Å². The van der Waals surface area contributed by atoms with Gasteiger partial charge in [-0.05, 0) is 61.9 Å². The molecule has 0 radical (unpaired) electrons. The Kier molecular flexibility index (Phi) is 4.85. The smallest absolute Gasteiger partial charge is 0.331 e. The van der Waals surface area contributed by atoms with Crippen molar-refractivity contribution in [1.29, 1.82) is 0 Å². The molecule has 1 N–H and O–H groups in total. The zero-order chi connectivity index (χ0) is 15.6. The molecule has 2 fully saturated rings. The average molecular weight is 368 g/mol. The van der Waals surface area contributed by atoms with Gasteiger partial charge < -0.3 is 14.8 Å². The summed E-state index contributed by atoms with van der Waals surface area (Å²) in [7, 11) is 1.40. The fraction of sp³-hybridized carbons (Fsp3) is 0.588. The number of halogens is 1. The summed E-state index contributed by atoms with van der Waals surface area (Å²) in [5.74, 6) is 1.04. The summed E-state index contributed by atoms with van der Waals surface area (Å²) in [6.07, 6.45) is 3.05. The largest absolute Gasteiger partial charge is 0.467 e. The molecular formula is C17H22BrNO3. The molecule has 3 unspecified atom stereocenters. The molecule has 1 saturated carbocycles. The maximum absolute atomic E-state index is 11.5. The van der Waals surface area contributed by atoms with Crippen molar-refractivity contribution < 1.29 is 14.3 Å². The minimum atomic E-state index is -0.373. The van der Waals surface area contributed by atoms with Crippen LogP contribution in [0.4, 0.5) is 0 Å². The van der Waals surface area contributed by atoms with E-state index in [0.717, 1.165) is 48.3 Å². The van der Waals surface area contributed by atoms with Gasteiger partial charge in [-0.1, -0.05) is 28.1 Å². The first-order valence-corrected chi connectivity index (χ1v) is 8.60. The monoisotopic (exact) mass is 367 g/mol. The second kappa shape index (κ2) is 6.69. The van der Waals surface area contributed by atoms with Crippen LogP contribution in [0, 0.1) is 11.8 Å². The van der Waals surface area contributed by atoms with E-state index in [1.807, 2.05) is 12.1 Å². The topological polar surface area (TPSA) is 47.6 Å². The number of carbonyl (C=O) groups excluding carboxylic acids is 1. The lowest BCUT2D eigenvalue weighted by Crippen LogP contribution is -2.40. The molecule has 3 atom stereocenters. The molecule has 22 heavy (non-hydrogen) atoms. The Hall–Kier alpha value is -0.910. The second-order valence-corrected chi connectivity index (χ2v) is 7.20. The molecule has 0 aromatic heterocycles. The van der Waals surface area contributed by atoms with Gasteiger partial charge in [-0.25, -0.2) is 4.79 Å². The van der Waals surface area contributed by atoms with E-state index >= 15 is 0 Å². The predicted octanol–water partition coefficient (Wildman–Crippen LogP) is 2.85. The molecule has 1 aromatic rings. The highest BCUT2D eigenvalue weighted by atomic mass is 79.9. The zero-order valence-corrected chi connectivity index (χ0v) is 14.4. The van der Waals surface area contributed by atoms with Crippen LogP contribution in [0.15, 0.2) is 28.7 Å². The van der Waals surface area contributed by atoms with E-state index in [-0.39, 0.29) is 18.2 Å². The van der Waals surface area contributed by atoms with Gasteiger partial charge in [-0.3, -0.25) is 0 Å². The number of fused-ring (bicyclic) bond motifs is 1.